The summed E-state index contributed by atoms with van der Waals surface area (Å²) in [6, 6.07) is 3.99. The lowest BCUT2D eigenvalue weighted by Crippen LogP contribution is -2.41. The molecule has 1 unspecified atom stereocenters. The van der Waals surface area contributed by atoms with Gasteiger partial charge in [0.2, 0.25) is 13.6 Å². The van der Waals surface area contributed by atoms with Gasteiger partial charge in [-0.05, 0) is 25.1 Å². The van der Waals surface area contributed by atoms with E-state index in [1.54, 1.807) is 25.1 Å². The number of fused-ring (bicyclic) bond motifs is 1. The van der Waals surface area contributed by atoms with Gasteiger partial charge in [-0.2, -0.15) is 0 Å². The molecule has 1 aliphatic heterocycles. The molecule has 0 aliphatic carbocycles. The minimum Gasteiger partial charge on any atom is -0.454 e. The van der Waals surface area contributed by atoms with Gasteiger partial charge in [-0.1, -0.05) is 34.1 Å². The number of carbonyl (C=O) groups excluding carboxylic acids is 3. The van der Waals surface area contributed by atoms with Crippen molar-refractivity contribution in [1.29, 1.82) is 0 Å². The molecule has 1 aromatic carbocycles. The molecule has 0 spiro atoms. The smallest absolute Gasteiger partial charge is 0.413 e. The van der Waals surface area contributed by atoms with Crippen LogP contribution in [-0.2, 0) is 14.3 Å². The summed E-state index contributed by atoms with van der Waals surface area (Å²) in [6.45, 7) is 9.03. The molecule has 1 heterocycles. The van der Waals surface area contributed by atoms with E-state index in [-0.39, 0.29) is 19.1 Å². The molecule has 1 aliphatic rings. The maximum absolute atomic E-state index is 12.5. The Labute approximate surface area is 172 Å². The number of hydrogen-bond acceptors (Lipinski definition) is 8. The van der Waals surface area contributed by atoms with Gasteiger partial charge in [0.15, 0.2) is 17.3 Å². The number of likely N-dealkylation sites (N-methyl/N-ethyl adjacent to an activating group) is 1. The Bertz CT molecular complexity index is 664. The molecular formula is C20H32N2O7. The minimum absolute atomic E-state index is 0.107. The molecule has 0 fully saturated rings. The molecule has 29 heavy (non-hydrogen) atoms. The Morgan fingerprint density at radius 2 is 1.72 bits per heavy atom. The van der Waals surface area contributed by atoms with Crippen LogP contribution in [0.3, 0.4) is 0 Å². The molecule has 2 rings (SSSR count). The molecule has 9 heteroatoms. The second-order valence-corrected chi connectivity index (χ2v) is 5.67. The van der Waals surface area contributed by atoms with E-state index in [1.807, 2.05) is 13.8 Å². The van der Waals surface area contributed by atoms with Gasteiger partial charge in [-0.3, -0.25) is 9.59 Å². The second-order valence-electron chi connectivity index (χ2n) is 5.67. The Hall–Kier alpha value is -2.81. The van der Waals surface area contributed by atoms with Crippen molar-refractivity contribution in [3.05, 3.63) is 23.8 Å². The molecule has 0 radical (unpaired) electrons. The Balaban J connectivity index is 0.00000143. The van der Waals surface area contributed by atoms with Crippen molar-refractivity contribution in [3.8, 4) is 11.5 Å². The van der Waals surface area contributed by atoms with E-state index in [0.29, 0.717) is 17.1 Å². The minimum atomic E-state index is -0.804. The summed E-state index contributed by atoms with van der Waals surface area (Å²) in [5.41, 5.74) is 5.43. The van der Waals surface area contributed by atoms with Crippen molar-refractivity contribution in [1.82, 2.24) is 4.90 Å². The molecule has 1 amide bonds. The van der Waals surface area contributed by atoms with Crippen LogP contribution in [0.4, 0.5) is 4.79 Å². The van der Waals surface area contributed by atoms with Crippen LogP contribution in [0, 0.1) is 0 Å². The highest BCUT2D eigenvalue weighted by Gasteiger charge is 2.26. The number of esters is 1. The third-order valence-electron chi connectivity index (χ3n) is 3.47. The lowest BCUT2D eigenvalue weighted by molar-refractivity contribution is -0.150. The van der Waals surface area contributed by atoms with Crippen molar-refractivity contribution >= 4 is 17.8 Å². The van der Waals surface area contributed by atoms with Crippen molar-refractivity contribution in [3.63, 3.8) is 0 Å². The number of benzene rings is 1. The van der Waals surface area contributed by atoms with Gasteiger partial charge in [-0.15, -0.1) is 0 Å². The standard InChI is InChI=1S/C15H18N2O7.C3H8.C2H6/c1-9(17(2)15(20)24-8-23-13(18)6-16)14(19)10-3-4-11-12(5-10)22-7-21-11;1-3-2;1-2/h3-5,9H,6-8,16H2,1-2H3;3H2,1-2H3;1-2H3. The predicted molar refractivity (Wildman–Crippen MR) is 108 cm³/mol. The number of ketones is 1. The number of amides is 1. The van der Waals surface area contributed by atoms with Crippen LogP contribution in [0.1, 0.15) is 51.4 Å². The molecule has 0 aromatic heterocycles. The highest BCUT2D eigenvalue weighted by atomic mass is 16.7. The maximum atomic E-state index is 12.5. The van der Waals surface area contributed by atoms with Gasteiger partial charge in [0.1, 0.15) is 0 Å². The average molecular weight is 412 g/mol. The van der Waals surface area contributed by atoms with Crippen molar-refractivity contribution < 1.29 is 33.3 Å². The van der Waals surface area contributed by atoms with Gasteiger partial charge in [-0.25, -0.2) is 4.79 Å². The highest BCUT2D eigenvalue weighted by Crippen LogP contribution is 2.32. The monoisotopic (exact) mass is 412 g/mol. The third-order valence-corrected chi connectivity index (χ3v) is 3.47. The molecule has 0 saturated carbocycles. The first kappa shape index (κ1) is 26.2. The Morgan fingerprint density at radius 3 is 2.31 bits per heavy atom. The Kier molecular flexibility index (Phi) is 12.8. The van der Waals surface area contributed by atoms with E-state index in [0.717, 1.165) is 4.90 Å². The Morgan fingerprint density at radius 1 is 1.14 bits per heavy atom. The van der Waals surface area contributed by atoms with Crippen molar-refractivity contribution in [2.24, 2.45) is 5.73 Å². The molecule has 1 aromatic rings. The first-order valence-electron chi connectivity index (χ1n) is 9.54. The molecule has 0 bridgehead atoms. The van der Waals surface area contributed by atoms with E-state index in [1.165, 1.54) is 13.5 Å². The van der Waals surface area contributed by atoms with Crippen molar-refractivity contribution in [2.75, 3.05) is 27.2 Å². The first-order valence-corrected chi connectivity index (χ1v) is 9.54. The lowest BCUT2D eigenvalue weighted by atomic mass is 10.0. The number of ether oxygens (including phenoxy) is 4. The molecule has 2 N–H and O–H groups in total. The number of rotatable bonds is 6. The normalized spacial score (nSPS) is 11.7. The first-order chi connectivity index (χ1) is 13.8. The zero-order valence-corrected chi connectivity index (χ0v) is 18.0. The van der Waals surface area contributed by atoms with Gasteiger partial charge < -0.3 is 29.6 Å². The number of Topliss-reactive ketones (excluding diaryl/α,β-unsaturated/α-hetero) is 1. The number of hydrogen-bond donors (Lipinski definition) is 1. The van der Waals surface area contributed by atoms with Crippen LogP contribution in [0.25, 0.3) is 0 Å². The summed E-state index contributed by atoms with van der Waals surface area (Å²) in [7, 11) is 1.41. The van der Waals surface area contributed by atoms with Crippen LogP contribution >= 0.6 is 0 Å². The van der Waals surface area contributed by atoms with Gasteiger partial charge in [0.25, 0.3) is 0 Å². The van der Waals surface area contributed by atoms with E-state index in [4.69, 9.17) is 19.9 Å². The van der Waals surface area contributed by atoms with Crippen LogP contribution in [0.5, 0.6) is 11.5 Å². The fraction of sp³-hybridized carbons (Fsp3) is 0.550. The summed E-state index contributed by atoms with van der Waals surface area (Å²) in [5, 5.41) is 0. The molecule has 1 atom stereocenters. The zero-order chi connectivity index (χ0) is 22.4. The summed E-state index contributed by atoms with van der Waals surface area (Å²) in [4.78, 5) is 36.3. The molecule has 9 nitrogen and oxygen atoms in total. The van der Waals surface area contributed by atoms with E-state index in [2.05, 4.69) is 18.6 Å². The fourth-order valence-electron chi connectivity index (χ4n) is 1.93. The third kappa shape index (κ3) is 8.39. The van der Waals surface area contributed by atoms with Crippen LogP contribution in [0.2, 0.25) is 0 Å². The maximum Gasteiger partial charge on any atom is 0.413 e. The number of nitrogens with zero attached hydrogens (tertiary/aromatic N) is 1. The second kappa shape index (κ2) is 14.2. The van der Waals surface area contributed by atoms with E-state index < -0.39 is 24.9 Å². The topological polar surface area (TPSA) is 117 Å². The van der Waals surface area contributed by atoms with Crippen LogP contribution < -0.4 is 15.2 Å². The van der Waals surface area contributed by atoms with Crippen LogP contribution in [-0.4, -0.2) is 56.0 Å². The van der Waals surface area contributed by atoms with Crippen LogP contribution in [0.15, 0.2) is 18.2 Å². The quantitative estimate of drug-likeness (QED) is 0.430. The van der Waals surface area contributed by atoms with E-state index in [9.17, 15) is 14.4 Å². The summed E-state index contributed by atoms with van der Waals surface area (Å²) in [5.74, 6) is 0.0438. The summed E-state index contributed by atoms with van der Waals surface area (Å²) in [6.07, 6.45) is 0.446. The molecular weight excluding hydrogens is 380 g/mol. The molecule has 0 saturated heterocycles. The van der Waals surface area contributed by atoms with Gasteiger partial charge in [0.05, 0.1) is 12.6 Å². The van der Waals surface area contributed by atoms with Crippen molar-refractivity contribution in [2.45, 2.75) is 47.1 Å². The fourth-order valence-corrected chi connectivity index (χ4v) is 1.93. The van der Waals surface area contributed by atoms with Gasteiger partial charge in [0, 0.05) is 12.6 Å². The largest absolute Gasteiger partial charge is 0.454 e. The van der Waals surface area contributed by atoms with Gasteiger partial charge >= 0.3 is 12.1 Å². The summed E-state index contributed by atoms with van der Waals surface area (Å²) < 4.78 is 19.7. The number of nitrogens with two attached hydrogens (primary N) is 1. The average Bonchev–Trinajstić information content (AvgIpc) is 3.21. The predicted octanol–water partition coefficient (Wildman–Crippen LogP) is 2.96. The summed E-state index contributed by atoms with van der Waals surface area (Å²) >= 11 is 0. The highest BCUT2D eigenvalue weighted by molar-refractivity contribution is 6.01. The lowest BCUT2D eigenvalue weighted by Gasteiger charge is -2.23. The molecule has 164 valence electrons. The number of carbonyl (C=O) groups is 3. The zero-order valence-electron chi connectivity index (χ0n) is 18.0. The van der Waals surface area contributed by atoms with E-state index >= 15 is 0 Å². The SMILES string of the molecule is CC.CC(C(=O)c1ccc2c(c1)OCO2)N(C)C(=O)OCOC(=O)CN.CCC.